The van der Waals surface area contributed by atoms with Gasteiger partial charge in [0.2, 0.25) is 0 Å². The fourth-order valence-corrected chi connectivity index (χ4v) is 2.24. The predicted molar refractivity (Wildman–Crippen MR) is 86.7 cm³/mol. The molecule has 0 amide bonds. The Morgan fingerprint density at radius 3 is 2.38 bits per heavy atom. The molecule has 0 aliphatic carbocycles. The van der Waals surface area contributed by atoms with Gasteiger partial charge in [-0.1, -0.05) is 50.2 Å². The number of unbranched alkanes of at least 4 members (excludes halogenated alkanes) is 3. The normalized spacial score (nSPS) is 10.0. The molecule has 0 fully saturated rings. The highest BCUT2D eigenvalue weighted by Crippen LogP contribution is 2.10. The maximum Gasteiger partial charge on any atom is 0.123 e. The molecule has 0 N–H and O–H groups in total. The SMILES string of the molecule is CCCCCCc1cccc(C#Cc2ccc(F)cc2)c1. The number of hydrogen-bond acceptors (Lipinski definition) is 0. The average molecular weight is 280 g/mol. The molecule has 0 atom stereocenters. The lowest BCUT2D eigenvalue weighted by Crippen LogP contribution is -1.87. The molecule has 108 valence electrons. The Bertz CT molecular complexity index is 614. The predicted octanol–water partition coefficient (Wildman–Crippen LogP) is 5.35. The number of halogens is 1. The van der Waals surface area contributed by atoms with E-state index in [1.165, 1.54) is 43.4 Å². The van der Waals surface area contributed by atoms with Gasteiger partial charge in [0.05, 0.1) is 0 Å². The van der Waals surface area contributed by atoms with Crippen LogP contribution in [0.25, 0.3) is 0 Å². The van der Waals surface area contributed by atoms with Gasteiger partial charge in [-0.25, -0.2) is 4.39 Å². The lowest BCUT2D eigenvalue weighted by atomic mass is 10.0. The van der Waals surface area contributed by atoms with Crippen molar-refractivity contribution in [2.45, 2.75) is 39.0 Å². The second-order valence-corrected chi connectivity index (χ2v) is 5.27. The number of hydrogen-bond donors (Lipinski definition) is 0. The van der Waals surface area contributed by atoms with E-state index >= 15 is 0 Å². The molecule has 2 aromatic carbocycles. The first kappa shape index (κ1) is 15.3. The van der Waals surface area contributed by atoms with Crippen LogP contribution in [0.2, 0.25) is 0 Å². The van der Waals surface area contributed by atoms with E-state index in [-0.39, 0.29) is 5.82 Å². The quantitative estimate of drug-likeness (QED) is 0.511. The highest BCUT2D eigenvalue weighted by atomic mass is 19.1. The van der Waals surface area contributed by atoms with Crippen molar-refractivity contribution in [1.29, 1.82) is 0 Å². The minimum atomic E-state index is -0.227. The Hall–Kier alpha value is -2.07. The first-order valence-corrected chi connectivity index (χ1v) is 7.64. The van der Waals surface area contributed by atoms with Crippen molar-refractivity contribution >= 4 is 0 Å². The van der Waals surface area contributed by atoms with Crippen molar-refractivity contribution in [2.24, 2.45) is 0 Å². The van der Waals surface area contributed by atoms with Crippen LogP contribution in [0.1, 0.15) is 49.3 Å². The summed E-state index contributed by atoms with van der Waals surface area (Å²) in [6.45, 7) is 2.23. The third kappa shape index (κ3) is 5.44. The van der Waals surface area contributed by atoms with Gasteiger partial charge in [0.1, 0.15) is 5.82 Å². The minimum Gasteiger partial charge on any atom is -0.207 e. The summed E-state index contributed by atoms with van der Waals surface area (Å²) in [6, 6.07) is 14.7. The van der Waals surface area contributed by atoms with Crippen LogP contribution in [0.3, 0.4) is 0 Å². The highest BCUT2D eigenvalue weighted by Gasteiger charge is 1.95. The molecular formula is C20H21F. The van der Waals surface area contributed by atoms with Crippen molar-refractivity contribution in [3.8, 4) is 11.8 Å². The van der Waals surface area contributed by atoms with Crippen LogP contribution in [-0.2, 0) is 6.42 Å². The lowest BCUT2D eigenvalue weighted by molar-refractivity contribution is 0.627. The molecule has 0 aromatic heterocycles. The Balaban J connectivity index is 1.99. The Kier molecular flexibility index (Phi) is 6.03. The largest absolute Gasteiger partial charge is 0.207 e. The maximum atomic E-state index is 12.8. The average Bonchev–Trinajstić information content (AvgIpc) is 2.52. The summed E-state index contributed by atoms with van der Waals surface area (Å²) in [5.41, 5.74) is 3.20. The highest BCUT2D eigenvalue weighted by molar-refractivity contribution is 5.43. The third-order valence-corrected chi connectivity index (χ3v) is 3.44. The molecule has 0 saturated carbocycles. The monoisotopic (exact) mass is 280 g/mol. The molecule has 0 aliphatic rings. The number of benzene rings is 2. The van der Waals surface area contributed by atoms with Gasteiger partial charge in [-0.05, 0) is 54.8 Å². The van der Waals surface area contributed by atoms with Crippen LogP contribution in [0.15, 0.2) is 48.5 Å². The van der Waals surface area contributed by atoms with Crippen molar-refractivity contribution in [3.05, 3.63) is 71.0 Å². The van der Waals surface area contributed by atoms with Crippen molar-refractivity contribution in [1.82, 2.24) is 0 Å². The second-order valence-electron chi connectivity index (χ2n) is 5.27. The van der Waals surface area contributed by atoms with Gasteiger partial charge in [-0.3, -0.25) is 0 Å². The summed E-state index contributed by atoms with van der Waals surface area (Å²) in [5, 5.41) is 0. The van der Waals surface area contributed by atoms with Crippen LogP contribution >= 0.6 is 0 Å². The molecule has 1 heteroatoms. The summed E-state index contributed by atoms with van der Waals surface area (Å²) in [5.74, 6) is 6.00. The van der Waals surface area contributed by atoms with E-state index in [2.05, 4.69) is 37.0 Å². The fraction of sp³-hybridized carbons (Fsp3) is 0.300. The first-order valence-electron chi connectivity index (χ1n) is 7.64. The van der Waals surface area contributed by atoms with Crippen LogP contribution in [-0.4, -0.2) is 0 Å². The molecule has 0 radical (unpaired) electrons. The molecule has 0 heterocycles. The van der Waals surface area contributed by atoms with E-state index in [0.29, 0.717) is 0 Å². The Morgan fingerprint density at radius 2 is 1.62 bits per heavy atom. The van der Waals surface area contributed by atoms with Gasteiger partial charge in [-0.2, -0.15) is 0 Å². The van der Waals surface area contributed by atoms with Gasteiger partial charge in [0.25, 0.3) is 0 Å². The second kappa shape index (κ2) is 8.27. The molecule has 0 spiro atoms. The summed E-state index contributed by atoms with van der Waals surface area (Å²) >= 11 is 0. The van der Waals surface area contributed by atoms with Crippen molar-refractivity contribution in [3.63, 3.8) is 0 Å². The van der Waals surface area contributed by atoms with Gasteiger partial charge in [0, 0.05) is 11.1 Å². The molecule has 0 saturated heterocycles. The molecule has 0 bridgehead atoms. The maximum absolute atomic E-state index is 12.8. The molecule has 0 nitrogen and oxygen atoms in total. The molecule has 2 rings (SSSR count). The van der Waals surface area contributed by atoms with E-state index in [1.807, 2.05) is 6.07 Å². The first-order chi connectivity index (χ1) is 10.3. The van der Waals surface area contributed by atoms with E-state index in [4.69, 9.17) is 0 Å². The molecule has 0 unspecified atom stereocenters. The van der Waals surface area contributed by atoms with Crippen LogP contribution < -0.4 is 0 Å². The van der Waals surface area contributed by atoms with Gasteiger partial charge in [-0.15, -0.1) is 0 Å². The summed E-state index contributed by atoms with van der Waals surface area (Å²) < 4.78 is 12.8. The topological polar surface area (TPSA) is 0 Å². The fourth-order valence-electron chi connectivity index (χ4n) is 2.24. The smallest absolute Gasteiger partial charge is 0.123 e. The Labute approximate surface area is 127 Å². The lowest BCUT2D eigenvalue weighted by Gasteiger charge is -2.01. The van der Waals surface area contributed by atoms with Gasteiger partial charge >= 0.3 is 0 Å². The third-order valence-electron chi connectivity index (χ3n) is 3.44. The van der Waals surface area contributed by atoms with Crippen LogP contribution in [0, 0.1) is 17.7 Å². The van der Waals surface area contributed by atoms with Crippen molar-refractivity contribution in [2.75, 3.05) is 0 Å². The standard InChI is InChI=1S/C20H21F/c1-2-3-4-5-7-18-8-6-9-19(16-18)11-10-17-12-14-20(21)15-13-17/h6,8-9,12-16H,2-5,7H2,1H3. The number of rotatable bonds is 5. The molecule has 0 aliphatic heterocycles. The minimum absolute atomic E-state index is 0.227. The summed E-state index contributed by atoms with van der Waals surface area (Å²) in [7, 11) is 0. The van der Waals surface area contributed by atoms with Crippen molar-refractivity contribution < 1.29 is 4.39 Å². The Morgan fingerprint density at radius 1 is 0.857 bits per heavy atom. The number of aryl methyl sites for hydroxylation is 1. The van der Waals surface area contributed by atoms with Gasteiger partial charge < -0.3 is 0 Å². The summed E-state index contributed by atoms with van der Waals surface area (Å²) in [6.07, 6.45) is 6.23. The summed E-state index contributed by atoms with van der Waals surface area (Å²) in [4.78, 5) is 0. The molecular weight excluding hydrogens is 259 g/mol. The molecule has 2 aromatic rings. The van der Waals surface area contributed by atoms with Gasteiger partial charge in [0.15, 0.2) is 0 Å². The molecule has 21 heavy (non-hydrogen) atoms. The van der Waals surface area contributed by atoms with E-state index < -0.39 is 0 Å². The van der Waals surface area contributed by atoms with E-state index in [0.717, 1.165) is 17.5 Å². The zero-order valence-corrected chi connectivity index (χ0v) is 12.5. The van der Waals surface area contributed by atoms with Crippen LogP contribution in [0.5, 0.6) is 0 Å². The zero-order valence-electron chi connectivity index (χ0n) is 12.5. The van der Waals surface area contributed by atoms with Crippen LogP contribution in [0.4, 0.5) is 4.39 Å². The van der Waals surface area contributed by atoms with E-state index in [1.54, 1.807) is 12.1 Å². The van der Waals surface area contributed by atoms with E-state index in [9.17, 15) is 4.39 Å². The zero-order chi connectivity index (χ0) is 14.9.